The highest BCUT2D eigenvalue weighted by molar-refractivity contribution is 4.99. The lowest BCUT2D eigenvalue weighted by Crippen LogP contribution is -2.62. The molecule has 1 fully saturated rings. The molecule has 0 unspecified atom stereocenters. The molecule has 1 atom stereocenters. The summed E-state index contributed by atoms with van der Waals surface area (Å²) in [6, 6.07) is 4.10. The van der Waals surface area contributed by atoms with Gasteiger partial charge in [-0.1, -0.05) is 0 Å². The minimum absolute atomic E-state index is 0.111. The van der Waals surface area contributed by atoms with Gasteiger partial charge in [-0.15, -0.1) is 0 Å². The van der Waals surface area contributed by atoms with Crippen molar-refractivity contribution in [1.82, 2.24) is 10.6 Å². The molecule has 1 saturated heterocycles. The molecule has 0 aromatic carbocycles. The molecular weight excluding hydrogens is 280 g/mol. The van der Waals surface area contributed by atoms with Crippen LogP contribution >= 0.6 is 0 Å². The van der Waals surface area contributed by atoms with Crippen LogP contribution in [0.25, 0.3) is 0 Å². The van der Waals surface area contributed by atoms with Crippen LogP contribution in [0.5, 0.6) is 0 Å². The van der Waals surface area contributed by atoms with Crippen molar-refractivity contribution in [2.24, 2.45) is 0 Å². The molecule has 0 bridgehead atoms. The maximum absolute atomic E-state index is 10.0. The maximum Gasteiger partial charge on any atom is 0.129 e. The molecule has 0 amide bonds. The van der Waals surface area contributed by atoms with E-state index < -0.39 is 6.10 Å². The van der Waals surface area contributed by atoms with E-state index in [2.05, 4.69) is 38.3 Å². The highest BCUT2D eigenvalue weighted by atomic mass is 16.5. The molecule has 3 N–H and O–H groups in total. The molecule has 0 saturated carbocycles. The molecule has 5 nitrogen and oxygen atoms in total. The smallest absolute Gasteiger partial charge is 0.129 e. The van der Waals surface area contributed by atoms with Crippen LogP contribution < -0.4 is 10.6 Å². The van der Waals surface area contributed by atoms with Gasteiger partial charge < -0.3 is 24.9 Å². The van der Waals surface area contributed by atoms with Crippen molar-refractivity contribution in [3.05, 3.63) is 24.2 Å². The zero-order chi connectivity index (χ0) is 16.2. The fraction of sp³-hybridized carbons (Fsp3) is 0.765. The second-order valence-electron chi connectivity index (χ2n) is 7.65. The summed E-state index contributed by atoms with van der Waals surface area (Å²) in [5, 5.41) is 17.2. The number of hydrogen-bond acceptors (Lipinski definition) is 5. The molecule has 5 heteroatoms. The summed E-state index contributed by atoms with van der Waals surface area (Å²) in [5.74, 6) is 0.780. The van der Waals surface area contributed by atoms with Gasteiger partial charge in [-0.05, 0) is 52.7 Å². The Kier molecular flexibility index (Phi) is 5.66. The van der Waals surface area contributed by atoms with Crippen molar-refractivity contribution in [3.63, 3.8) is 0 Å². The number of nitrogens with one attached hydrogen (secondary N) is 2. The van der Waals surface area contributed by atoms with E-state index in [-0.39, 0.29) is 11.1 Å². The van der Waals surface area contributed by atoms with Gasteiger partial charge in [0.1, 0.15) is 12.4 Å². The summed E-state index contributed by atoms with van der Waals surface area (Å²) >= 11 is 0. The average Bonchev–Trinajstić information content (AvgIpc) is 2.86. The van der Waals surface area contributed by atoms with Crippen LogP contribution in [-0.2, 0) is 11.3 Å². The Hall–Kier alpha value is -0.880. The summed E-state index contributed by atoms with van der Waals surface area (Å²) in [4.78, 5) is 0. The van der Waals surface area contributed by atoms with Crippen molar-refractivity contribution < 1.29 is 14.3 Å². The van der Waals surface area contributed by atoms with Gasteiger partial charge >= 0.3 is 0 Å². The Bertz CT molecular complexity index is 427. The van der Waals surface area contributed by atoms with Gasteiger partial charge in [-0.3, -0.25) is 0 Å². The largest absolute Gasteiger partial charge is 0.467 e. The van der Waals surface area contributed by atoms with Crippen LogP contribution in [0.1, 0.15) is 46.3 Å². The van der Waals surface area contributed by atoms with Crippen molar-refractivity contribution >= 4 is 0 Å². The van der Waals surface area contributed by atoms with Crippen molar-refractivity contribution in [3.8, 4) is 0 Å². The van der Waals surface area contributed by atoms with Crippen LogP contribution in [0.2, 0.25) is 0 Å². The van der Waals surface area contributed by atoms with Crippen LogP contribution in [-0.4, -0.2) is 41.5 Å². The molecule has 1 aliphatic heterocycles. The van der Waals surface area contributed by atoms with Gasteiger partial charge in [0.05, 0.1) is 19.0 Å². The van der Waals surface area contributed by atoms with Crippen molar-refractivity contribution in [1.29, 1.82) is 0 Å². The van der Waals surface area contributed by atoms with Gasteiger partial charge in [0, 0.05) is 23.7 Å². The summed E-state index contributed by atoms with van der Waals surface area (Å²) < 4.78 is 10.7. The molecule has 22 heavy (non-hydrogen) atoms. The summed E-state index contributed by atoms with van der Waals surface area (Å²) in [5.41, 5.74) is 0.223. The fourth-order valence-electron chi connectivity index (χ4n) is 3.52. The van der Waals surface area contributed by atoms with Gasteiger partial charge in [0.25, 0.3) is 0 Å². The van der Waals surface area contributed by atoms with Gasteiger partial charge in [0.15, 0.2) is 0 Å². The predicted octanol–water partition coefficient (Wildman–Crippen LogP) is 2.06. The SMILES string of the molecule is CC1(C)CC(NC[C@H](O)COCc2ccco2)CC(C)(C)N1. The first-order valence-electron chi connectivity index (χ1n) is 8.07. The lowest BCUT2D eigenvalue weighted by Gasteiger charge is -2.47. The third kappa shape index (κ3) is 5.72. The molecule has 0 aliphatic carbocycles. The summed E-state index contributed by atoms with van der Waals surface area (Å²) in [6.45, 7) is 10.2. The molecule has 0 radical (unpaired) electrons. The fourth-order valence-corrected chi connectivity index (χ4v) is 3.52. The number of rotatable bonds is 7. The van der Waals surface area contributed by atoms with E-state index in [4.69, 9.17) is 9.15 Å². The molecule has 1 aromatic heterocycles. The third-order valence-electron chi connectivity index (χ3n) is 3.97. The van der Waals surface area contributed by atoms with E-state index >= 15 is 0 Å². The predicted molar refractivity (Wildman–Crippen MR) is 86.7 cm³/mol. The summed E-state index contributed by atoms with van der Waals surface area (Å²) in [6.07, 6.45) is 3.22. The monoisotopic (exact) mass is 310 g/mol. The van der Waals surface area contributed by atoms with Gasteiger partial charge in [-0.25, -0.2) is 0 Å². The van der Waals surface area contributed by atoms with E-state index in [1.807, 2.05) is 12.1 Å². The second kappa shape index (κ2) is 7.13. The van der Waals surface area contributed by atoms with Crippen LogP contribution in [0.4, 0.5) is 0 Å². The molecule has 2 rings (SSSR count). The van der Waals surface area contributed by atoms with Crippen LogP contribution in [0.15, 0.2) is 22.8 Å². The summed E-state index contributed by atoms with van der Waals surface area (Å²) in [7, 11) is 0. The average molecular weight is 310 g/mol. The van der Waals surface area contributed by atoms with Crippen molar-refractivity contribution in [2.45, 2.75) is 70.4 Å². The molecule has 1 aromatic rings. The Labute approximate surface area is 133 Å². The van der Waals surface area contributed by atoms with E-state index in [1.54, 1.807) is 6.26 Å². The number of aliphatic hydroxyl groups is 1. The minimum atomic E-state index is -0.504. The van der Waals surface area contributed by atoms with Gasteiger partial charge in [0.2, 0.25) is 0 Å². The first kappa shape index (κ1) is 17.5. The minimum Gasteiger partial charge on any atom is -0.467 e. The molecular formula is C17H30N2O3. The van der Waals surface area contributed by atoms with E-state index in [9.17, 15) is 5.11 Å². The number of furan rings is 1. The second-order valence-corrected chi connectivity index (χ2v) is 7.65. The Morgan fingerprint density at radius 2 is 2.05 bits per heavy atom. The Morgan fingerprint density at radius 1 is 1.36 bits per heavy atom. The van der Waals surface area contributed by atoms with Gasteiger partial charge in [-0.2, -0.15) is 0 Å². The lowest BCUT2D eigenvalue weighted by molar-refractivity contribution is 0.0190. The first-order valence-corrected chi connectivity index (χ1v) is 8.07. The number of hydrogen-bond donors (Lipinski definition) is 3. The first-order chi connectivity index (χ1) is 10.3. The number of aliphatic hydroxyl groups excluding tert-OH is 1. The standard InChI is InChI=1S/C17H30N2O3/c1-16(2)8-13(9-17(3,4)19-16)18-10-14(20)11-21-12-15-6-5-7-22-15/h5-7,13-14,18-20H,8-12H2,1-4H3/t14-/m0/s1. The van der Waals surface area contributed by atoms with Crippen molar-refractivity contribution in [2.75, 3.05) is 13.2 Å². The van der Waals surface area contributed by atoms with E-state index in [0.717, 1.165) is 18.6 Å². The highest BCUT2D eigenvalue weighted by Crippen LogP contribution is 2.28. The zero-order valence-corrected chi connectivity index (χ0v) is 14.2. The maximum atomic E-state index is 10.0. The highest BCUT2D eigenvalue weighted by Gasteiger charge is 2.37. The molecule has 126 valence electrons. The Balaban J connectivity index is 1.68. The topological polar surface area (TPSA) is 66.7 Å². The Morgan fingerprint density at radius 3 is 2.64 bits per heavy atom. The van der Waals surface area contributed by atoms with E-state index in [0.29, 0.717) is 25.8 Å². The molecule has 0 spiro atoms. The lowest BCUT2D eigenvalue weighted by atomic mass is 9.79. The number of piperidine rings is 1. The van der Waals surface area contributed by atoms with E-state index in [1.165, 1.54) is 0 Å². The van der Waals surface area contributed by atoms with Crippen LogP contribution in [0, 0.1) is 0 Å². The molecule has 2 heterocycles. The molecule has 1 aliphatic rings. The quantitative estimate of drug-likeness (QED) is 0.719. The van der Waals surface area contributed by atoms with Crippen LogP contribution in [0.3, 0.4) is 0 Å². The third-order valence-corrected chi connectivity index (χ3v) is 3.97. The zero-order valence-electron chi connectivity index (χ0n) is 14.2. The number of ether oxygens (including phenoxy) is 1. The normalized spacial score (nSPS) is 22.6.